The molecule has 1 N–H and O–H groups in total. The number of sulfonamides is 1. The summed E-state index contributed by atoms with van der Waals surface area (Å²) in [5.74, 6) is 0.325. The molecule has 5 nitrogen and oxygen atoms in total. The lowest BCUT2D eigenvalue weighted by Gasteiger charge is -2.16. The van der Waals surface area contributed by atoms with Gasteiger partial charge in [-0.15, -0.1) is 11.3 Å². The van der Waals surface area contributed by atoms with Crippen molar-refractivity contribution in [2.24, 2.45) is 5.92 Å². The van der Waals surface area contributed by atoms with Crippen LogP contribution in [0.25, 0.3) is 0 Å². The van der Waals surface area contributed by atoms with Crippen molar-refractivity contribution in [1.29, 1.82) is 0 Å². The van der Waals surface area contributed by atoms with E-state index >= 15 is 0 Å². The van der Waals surface area contributed by atoms with E-state index in [0.29, 0.717) is 5.92 Å². The van der Waals surface area contributed by atoms with Gasteiger partial charge in [0.25, 0.3) is 0 Å². The molecule has 1 atom stereocenters. The second-order valence-electron chi connectivity index (χ2n) is 5.08. The summed E-state index contributed by atoms with van der Waals surface area (Å²) in [7, 11) is -3.62. The van der Waals surface area contributed by atoms with Crippen LogP contribution in [-0.2, 0) is 10.0 Å². The maximum absolute atomic E-state index is 12.4. The molecule has 112 valence electrons. The second kappa shape index (κ2) is 5.64. The standard InChI is InChI=1S/C13H14ClN3O2S2/c1-8-7-20-13(16-8)12(9-2-3-9)17-21(18,19)10-4-5-11(14)15-6-10/h4-7,9,12,17H,2-3H2,1H3/t12-/m0/s1. The summed E-state index contributed by atoms with van der Waals surface area (Å²) in [4.78, 5) is 8.36. The number of nitrogens with zero attached hydrogens (tertiary/aromatic N) is 2. The molecule has 2 heterocycles. The Morgan fingerprint density at radius 1 is 1.43 bits per heavy atom. The zero-order valence-corrected chi connectivity index (χ0v) is 13.7. The highest BCUT2D eigenvalue weighted by Crippen LogP contribution is 2.42. The summed E-state index contributed by atoms with van der Waals surface area (Å²) in [6.07, 6.45) is 3.30. The molecule has 0 bridgehead atoms. The van der Waals surface area contributed by atoms with Gasteiger partial charge in [-0.2, -0.15) is 0 Å². The van der Waals surface area contributed by atoms with Crippen molar-refractivity contribution in [1.82, 2.24) is 14.7 Å². The molecular weight excluding hydrogens is 330 g/mol. The fraction of sp³-hybridized carbons (Fsp3) is 0.385. The predicted octanol–water partition coefficient (Wildman–Crippen LogP) is 2.93. The van der Waals surface area contributed by atoms with Crippen molar-refractivity contribution in [2.75, 3.05) is 0 Å². The molecule has 0 amide bonds. The molecule has 2 aromatic rings. The van der Waals surface area contributed by atoms with E-state index < -0.39 is 10.0 Å². The number of thiazole rings is 1. The fourth-order valence-electron chi connectivity index (χ4n) is 2.05. The van der Waals surface area contributed by atoms with E-state index in [9.17, 15) is 8.42 Å². The summed E-state index contributed by atoms with van der Waals surface area (Å²) in [5, 5.41) is 3.02. The monoisotopic (exact) mass is 343 g/mol. The molecule has 0 aliphatic heterocycles. The van der Waals surface area contributed by atoms with Crippen LogP contribution in [0.1, 0.15) is 29.6 Å². The van der Waals surface area contributed by atoms with E-state index in [2.05, 4.69) is 14.7 Å². The number of hydrogen-bond acceptors (Lipinski definition) is 5. The first-order valence-electron chi connectivity index (χ1n) is 6.51. The van der Waals surface area contributed by atoms with Gasteiger partial charge in [-0.1, -0.05) is 11.6 Å². The van der Waals surface area contributed by atoms with Crippen LogP contribution in [0, 0.1) is 12.8 Å². The number of nitrogens with one attached hydrogen (secondary N) is 1. The van der Waals surface area contributed by atoms with E-state index in [4.69, 9.17) is 11.6 Å². The lowest BCUT2D eigenvalue weighted by Crippen LogP contribution is -2.30. The van der Waals surface area contributed by atoms with Gasteiger partial charge in [-0.3, -0.25) is 0 Å². The van der Waals surface area contributed by atoms with E-state index in [0.717, 1.165) is 23.5 Å². The first kappa shape index (κ1) is 14.9. The highest BCUT2D eigenvalue weighted by atomic mass is 35.5. The number of halogens is 1. The summed E-state index contributed by atoms with van der Waals surface area (Å²) in [6.45, 7) is 1.90. The van der Waals surface area contributed by atoms with E-state index in [1.165, 1.54) is 29.7 Å². The summed E-state index contributed by atoms with van der Waals surface area (Å²) < 4.78 is 27.7. The largest absolute Gasteiger partial charge is 0.245 e. The first-order chi connectivity index (χ1) is 9.95. The Labute approximate surface area is 132 Å². The highest BCUT2D eigenvalue weighted by Gasteiger charge is 2.37. The molecule has 0 radical (unpaired) electrons. The van der Waals surface area contributed by atoms with Gasteiger partial charge < -0.3 is 0 Å². The predicted molar refractivity (Wildman–Crippen MR) is 81.9 cm³/mol. The Hall–Kier alpha value is -1.02. The molecule has 2 aromatic heterocycles. The zero-order chi connectivity index (χ0) is 15.0. The van der Waals surface area contributed by atoms with Crippen LogP contribution in [0.4, 0.5) is 0 Å². The van der Waals surface area contributed by atoms with Gasteiger partial charge in [0.15, 0.2) is 0 Å². The Morgan fingerprint density at radius 2 is 2.19 bits per heavy atom. The molecule has 0 unspecified atom stereocenters. The Balaban J connectivity index is 1.87. The van der Waals surface area contributed by atoms with Gasteiger partial charge >= 0.3 is 0 Å². The molecule has 1 saturated carbocycles. The number of hydrogen-bond donors (Lipinski definition) is 1. The molecule has 0 spiro atoms. The Bertz CT molecular complexity index is 739. The van der Waals surface area contributed by atoms with Crippen LogP contribution in [0.5, 0.6) is 0 Å². The number of aryl methyl sites for hydroxylation is 1. The smallest absolute Gasteiger partial charge is 0.242 e. The third kappa shape index (κ3) is 3.42. The topological polar surface area (TPSA) is 72.0 Å². The second-order valence-corrected chi connectivity index (χ2v) is 8.07. The van der Waals surface area contributed by atoms with Gasteiger partial charge in [-0.05, 0) is 37.8 Å². The number of aromatic nitrogens is 2. The zero-order valence-electron chi connectivity index (χ0n) is 11.3. The van der Waals surface area contributed by atoms with Crippen LogP contribution >= 0.6 is 22.9 Å². The van der Waals surface area contributed by atoms with Crippen molar-refractivity contribution in [3.63, 3.8) is 0 Å². The van der Waals surface area contributed by atoms with Crippen molar-refractivity contribution >= 4 is 33.0 Å². The first-order valence-corrected chi connectivity index (χ1v) is 9.26. The highest BCUT2D eigenvalue weighted by molar-refractivity contribution is 7.89. The molecule has 3 rings (SSSR count). The van der Waals surface area contributed by atoms with Crippen LogP contribution in [0.2, 0.25) is 5.15 Å². The molecule has 1 aliphatic carbocycles. The summed E-state index contributed by atoms with van der Waals surface area (Å²) >= 11 is 7.18. The molecule has 1 fully saturated rings. The Morgan fingerprint density at radius 3 is 2.71 bits per heavy atom. The minimum Gasteiger partial charge on any atom is -0.245 e. The maximum atomic E-state index is 12.4. The maximum Gasteiger partial charge on any atom is 0.242 e. The molecule has 0 aromatic carbocycles. The van der Waals surface area contributed by atoms with Crippen molar-refractivity contribution in [2.45, 2.75) is 30.7 Å². The third-order valence-corrected chi connectivity index (χ3v) is 5.98. The minimum absolute atomic E-state index is 0.117. The average molecular weight is 344 g/mol. The van der Waals surface area contributed by atoms with Gasteiger partial charge in [0.1, 0.15) is 15.1 Å². The van der Waals surface area contributed by atoms with Gasteiger partial charge in [-0.25, -0.2) is 23.1 Å². The molecule has 21 heavy (non-hydrogen) atoms. The minimum atomic E-state index is -3.62. The van der Waals surface area contributed by atoms with Crippen molar-refractivity contribution in [3.8, 4) is 0 Å². The van der Waals surface area contributed by atoms with Gasteiger partial charge in [0, 0.05) is 17.3 Å². The van der Waals surface area contributed by atoms with Crippen LogP contribution in [0.15, 0.2) is 28.6 Å². The lowest BCUT2D eigenvalue weighted by molar-refractivity contribution is 0.527. The molecule has 8 heteroatoms. The van der Waals surface area contributed by atoms with Crippen LogP contribution < -0.4 is 4.72 Å². The third-order valence-electron chi connectivity index (χ3n) is 3.29. The van der Waals surface area contributed by atoms with Crippen LogP contribution in [0.3, 0.4) is 0 Å². The molecule has 1 aliphatic rings. The Kier molecular flexibility index (Phi) is 4.00. The lowest BCUT2D eigenvalue weighted by atomic mass is 10.2. The van der Waals surface area contributed by atoms with E-state index in [-0.39, 0.29) is 16.1 Å². The fourth-order valence-corrected chi connectivity index (χ4v) is 4.39. The summed E-state index contributed by atoms with van der Waals surface area (Å²) in [5.41, 5.74) is 0.910. The number of pyridine rings is 1. The molecular formula is C13H14ClN3O2S2. The van der Waals surface area contributed by atoms with Crippen molar-refractivity contribution in [3.05, 3.63) is 39.6 Å². The number of rotatable bonds is 5. The normalized spacial score (nSPS) is 16.9. The van der Waals surface area contributed by atoms with Crippen LogP contribution in [-0.4, -0.2) is 18.4 Å². The van der Waals surface area contributed by atoms with E-state index in [1.807, 2.05) is 12.3 Å². The molecule has 0 saturated heterocycles. The SMILES string of the molecule is Cc1csc([C@@H](NS(=O)(=O)c2ccc(Cl)nc2)C2CC2)n1. The van der Waals surface area contributed by atoms with E-state index in [1.54, 1.807) is 0 Å². The van der Waals surface area contributed by atoms with Gasteiger partial charge in [0.2, 0.25) is 10.0 Å². The summed E-state index contributed by atoms with van der Waals surface area (Å²) in [6, 6.07) is 2.66. The van der Waals surface area contributed by atoms with Crippen molar-refractivity contribution < 1.29 is 8.42 Å². The van der Waals surface area contributed by atoms with Gasteiger partial charge in [0.05, 0.1) is 6.04 Å². The average Bonchev–Trinajstić information content (AvgIpc) is 3.19. The quantitative estimate of drug-likeness (QED) is 0.847.